The highest BCUT2D eigenvalue weighted by Crippen LogP contribution is 2.16. The molecule has 0 saturated carbocycles. The molecule has 0 fully saturated rings. The summed E-state index contributed by atoms with van der Waals surface area (Å²) in [5.41, 5.74) is 1.21. The summed E-state index contributed by atoms with van der Waals surface area (Å²) in [6.45, 7) is 3.43. The predicted octanol–water partition coefficient (Wildman–Crippen LogP) is 2.07. The van der Waals surface area contributed by atoms with Crippen LogP contribution >= 0.6 is 0 Å². The number of rotatable bonds is 3. The predicted molar refractivity (Wildman–Crippen MR) is 85.8 cm³/mol. The number of carbonyl (C=O) groups is 1. The van der Waals surface area contributed by atoms with Crippen molar-refractivity contribution < 1.29 is 13.2 Å². The maximum absolute atomic E-state index is 12.4. The number of benzene rings is 1. The fourth-order valence-electron chi connectivity index (χ4n) is 2.44. The Balaban J connectivity index is 2.00. The van der Waals surface area contributed by atoms with E-state index < -0.39 is 15.9 Å². The van der Waals surface area contributed by atoms with Gasteiger partial charge >= 0.3 is 0 Å². The lowest BCUT2D eigenvalue weighted by Gasteiger charge is -2.08. The third-order valence-corrected chi connectivity index (χ3v) is 5.04. The minimum atomic E-state index is -3.95. The Morgan fingerprint density at radius 2 is 1.78 bits per heavy atom. The third kappa shape index (κ3) is 2.70. The second-order valence-corrected chi connectivity index (χ2v) is 6.81. The molecule has 0 aliphatic rings. The lowest BCUT2D eigenvalue weighted by molar-refractivity contribution is 0.0978. The van der Waals surface area contributed by atoms with Crippen molar-refractivity contribution in [3.8, 4) is 0 Å². The molecule has 6 nitrogen and oxygen atoms in total. The monoisotopic (exact) mass is 329 g/mol. The van der Waals surface area contributed by atoms with Crippen LogP contribution in [0.4, 0.5) is 0 Å². The quantitative estimate of drug-likeness (QED) is 0.797. The van der Waals surface area contributed by atoms with E-state index in [0.717, 1.165) is 0 Å². The molecule has 0 unspecified atom stereocenters. The SMILES string of the molecule is Cc1ccccc1S(=O)(=O)NC(=O)c1nc(C)n2ccccc12. The zero-order valence-corrected chi connectivity index (χ0v) is 13.5. The van der Waals surface area contributed by atoms with Gasteiger partial charge in [-0.2, -0.15) is 0 Å². The van der Waals surface area contributed by atoms with Gasteiger partial charge in [0.1, 0.15) is 5.82 Å². The second-order valence-electron chi connectivity index (χ2n) is 5.16. The van der Waals surface area contributed by atoms with E-state index >= 15 is 0 Å². The van der Waals surface area contributed by atoms with Crippen molar-refractivity contribution in [3.05, 3.63) is 65.7 Å². The number of aryl methyl sites for hydroxylation is 2. The molecule has 1 aromatic carbocycles. The highest BCUT2D eigenvalue weighted by Gasteiger charge is 2.23. The minimum absolute atomic E-state index is 0.0774. The molecule has 0 saturated heterocycles. The van der Waals surface area contributed by atoms with Gasteiger partial charge in [0.15, 0.2) is 5.69 Å². The maximum atomic E-state index is 12.4. The van der Waals surface area contributed by atoms with E-state index in [4.69, 9.17) is 0 Å². The summed E-state index contributed by atoms with van der Waals surface area (Å²) in [6.07, 6.45) is 1.77. The molecule has 0 radical (unpaired) electrons. The van der Waals surface area contributed by atoms with Crippen molar-refractivity contribution in [1.29, 1.82) is 0 Å². The molecule has 118 valence electrons. The number of pyridine rings is 1. The molecule has 2 aromatic heterocycles. The average molecular weight is 329 g/mol. The van der Waals surface area contributed by atoms with Gasteiger partial charge in [0, 0.05) is 6.20 Å². The number of carbonyl (C=O) groups excluding carboxylic acids is 1. The van der Waals surface area contributed by atoms with Crippen LogP contribution in [-0.2, 0) is 10.0 Å². The highest BCUT2D eigenvalue weighted by atomic mass is 32.2. The standard InChI is InChI=1S/C16H15N3O3S/c1-11-7-3-4-9-14(11)23(21,22)18-16(20)15-13-8-5-6-10-19(13)12(2)17-15/h3-10H,1-2H3,(H,18,20). The molecule has 1 amide bonds. The van der Waals surface area contributed by atoms with E-state index in [1.54, 1.807) is 54.8 Å². The van der Waals surface area contributed by atoms with Crippen molar-refractivity contribution in [2.75, 3.05) is 0 Å². The van der Waals surface area contributed by atoms with Crippen LogP contribution in [0.2, 0.25) is 0 Å². The fourth-order valence-corrected chi connectivity index (χ4v) is 3.64. The Morgan fingerprint density at radius 1 is 1.09 bits per heavy atom. The molecule has 2 heterocycles. The first-order valence-corrected chi connectivity index (χ1v) is 8.45. The van der Waals surface area contributed by atoms with Crippen LogP contribution in [0, 0.1) is 13.8 Å². The molecular formula is C16H15N3O3S. The molecule has 3 rings (SSSR count). The number of hydrogen-bond acceptors (Lipinski definition) is 4. The van der Waals surface area contributed by atoms with Crippen molar-refractivity contribution >= 4 is 21.4 Å². The summed E-state index contributed by atoms with van der Waals surface area (Å²) in [7, 11) is -3.95. The van der Waals surface area contributed by atoms with E-state index in [1.165, 1.54) is 6.07 Å². The number of amides is 1. The first kappa shape index (κ1) is 15.2. The minimum Gasteiger partial charge on any atom is -0.303 e. The van der Waals surface area contributed by atoms with Gasteiger partial charge in [0.2, 0.25) is 0 Å². The number of hydrogen-bond donors (Lipinski definition) is 1. The van der Waals surface area contributed by atoms with Crippen molar-refractivity contribution in [2.24, 2.45) is 0 Å². The van der Waals surface area contributed by atoms with Gasteiger partial charge < -0.3 is 4.40 Å². The average Bonchev–Trinajstić information content (AvgIpc) is 2.85. The number of aromatic nitrogens is 2. The summed E-state index contributed by atoms with van der Waals surface area (Å²) in [4.78, 5) is 16.7. The van der Waals surface area contributed by atoms with E-state index in [-0.39, 0.29) is 10.6 Å². The number of nitrogens with one attached hydrogen (secondary N) is 1. The van der Waals surface area contributed by atoms with Crippen LogP contribution in [0.5, 0.6) is 0 Å². The largest absolute Gasteiger partial charge is 0.303 e. The number of imidazole rings is 1. The molecule has 0 bridgehead atoms. The smallest absolute Gasteiger partial charge is 0.285 e. The van der Waals surface area contributed by atoms with Crippen molar-refractivity contribution in [3.63, 3.8) is 0 Å². The molecule has 0 atom stereocenters. The molecular weight excluding hydrogens is 314 g/mol. The lowest BCUT2D eigenvalue weighted by Crippen LogP contribution is -2.31. The van der Waals surface area contributed by atoms with E-state index in [0.29, 0.717) is 16.9 Å². The number of fused-ring (bicyclic) bond motifs is 1. The Hall–Kier alpha value is -2.67. The Bertz CT molecular complexity index is 1010. The molecule has 0 spiro atoms. The van der Waals surface area contributed by atoms with E-state index in [2.05, 4.69) is 9.71 Å². The van der Waals surface area contributed by atoms with E-state index in [9.17, 15) is 13.2 Å². The van der Waals surface area contributed by atoms with Crippen molar-refractivity contribution in [2.45, 2.75) is 18.7 Å². The van der Waals surface area contributed by atoms with Gasteiger partial charge in [0.25, 0.3) is 15.9 Å². The van der Waals surface area contributed by atoms with Gasteiger partial charge in [-0.05, 0) is 37.6 Å². The molecule has 0 aliphatic carbocycles. The van der Waals surface area contributed by atoms with Crippen LogP contribution in [0.15, 0.2) is 53.6 Å². The van der Waals surface area contributed by atoms with Crippen LogP contribution in [0.25, 0.3) is 5.52 Å². The Labute approximate surface area is 133 Å². The highest BCUT2D eigenvalue weighted by molar-refractivity contribution is 7.90. The third-order valence-electron chi connectivity index (χ3n) is 3.55. The Kier molecular flexibility index (Phi) is 3.65. The summed E-state index contributed by atoms with van der Waals surface area (Å²) in [5.74, 6) is -0.135. The van der Waals surface area contributed by atoms with Crippen LogP contribution < -0.4 is 4.72 Å². The van der Waals surface area contributed by atoms with Crippen LogP contribution in [0.1, 0.15) is 21.9 Å². The molecule has 0 aliphatic heterocycles. The van der Waals surface area contributed by atoms with Gasteiger partial charge in [-0.25, -0.2) is 18.1 Å². The molecule has 1 N–H and O–H groups in total. The number of nitrogens with zero attached hydrogens (tertiary/aromatic N) is 2. The normalized spacial score (nSPS) is 11.6. The zero-order valence-electron chi connectivity index (χ0n) is 12.6. The van der Waals surface area contributed by atoms with Crippen LogP contribution in [-0.4, -0.2) is 23.7 Å². The van der Waals surface area contributed by atoms with Crippen LogP contribution in [0.3, 0.4) is 0 Å². The summed E-state index contributed by atoms with van der Waals surface area (Å²) >= 11 is 0. The summed E-state index contributed by atoms with van der Waals surface area (Å²) in [5, 5.41) is 0. The Morgan fingerprint density at radius 3 is 2.52 bits per heavy atom. The second kappa shape index (κ2) is 5.51. The lowest BCUT2D eigenvalue weighted by atomic mass is 10.2. The summed E-state index contributed by atoms with van der Waals surface area (Å²) in [6, 6.07) is 11.8. The van der Waals surface area contributed by atoms with E-state index in [1.807, 2.05) is 6.07 Å². The van der Waals surface area contributed by atoms with Gasteiger partial charge in [-0.3, -0.25) is 4.79 Å². The maximum Gasteiger partial charge on any atom is 0.285 e. The van der Waals surface area contributed by atoms with Gasteiger partial charge in [-0.15, -0.1) is 0 Å². The first-order valence-electron chi connectivity index (χ1n) is 6.96. The van der Waals surface area contributed by atoms with Gasteiger partial charge in [0.05, 0.1) is 10.4 Å². The van der Waals surface area contributed by atoms with Gasteiger partial charge in [-0.1, -0.05) is 24.3 Å². The molecule has 3 aromatic rings. The number of sulfonamides is 1. The van der Waals surface area contributed by atoms with Crippen molar-refractivity contribution in [1.82, 2.24) is 14.1 Å². The topological polar surface area (TPSA) is 80.5 Å². The first-order chi connectivity index (χ1) is 10.9. The molecule has 7 heteroatoms. The zero-order chi connectivity index (χ0) is 16.6. The summed E-state index contributed by atoms with van der Waals surface area (Å²) < 4.78 is 28.7. The fraction of sp³-hybridized carbons (Fsp3) is 0.125. The molecule has 23 heavy (non-hydrogen) atoms.